The minimum atomic E-state index is -4.34. The Morgan fingerprint density at radius 3 is 2.67 bits per heavy atom. The maximum absolute atomic E-state index is 12.3. The molecule has 1 fully saturated rings. The van der Waals surface area contributed by atoms with Crippen LogP contribution in [0.3, 0.4) is 0 Å². The third-order valence-electron chi connectivity index (χ3n) is 4.20. The van der Waals surface area contributed by atoms with Gasteiger partial charge in [0.1, 0.15) is 12.4 Å². The van der Waals surface area contributed by atoms with Gasteiger partial charge in [0, 0.05) is 18.0 Å². The number of alkyl halides is 3. The zero-order valence-corrected chi connectivity index (χ0v) is 13.3. The summed E-state index contributed by atoms with van der Waals surface area (Å²) in [5, 5.41) is 12.4. The summed E-state index contributed by atoms with van der Waals surface area (Å²) in [6.07, 6.45) is -1.71. The Bertz CT molecular complexity index is 548. The molecule has 1 aromatic carbocycles. The minimum absolute atomic E-state index is 0.0352. The van der Waals surface area contributed by atoms with Crippen molar-refractivity contribution in [2.24, 2.45) is 5.92 Å². The number of amides is 1. The maximum Gasteiger partial charge on any atom is 0.411 e. The van der Waals surface area contributed by atoms with E-state index in [-0.39, 0.29) is 30.5 Å². The molecule has 1 aliphatic carbocycles. The lowest BCUT2D eigenvalue weighted by Crippen LogP contribution is -2.39. The van der Waals surface area contributed by atoms with Gasteiger partial charge < -0.3 is 15.2 Å². The fraction of sp³-hybridized carbons (Fsp3) is 0.588. The van der Waals surface area contributed by atoms with Gasteiger partial charge in [0.25, 0.3) is 0 Å². The maximum atomic E-state index is 12.3. The van der Waals surface area contributed by atoms with E-state index in [4.69, 9.17) is 4.74 Å². The smallest absolute Gasteiger partial charge is 0.411 e. The fourth-order valence-corrected chi connectivity index (χ4v) is 2.97. The number of aromatic hydroxyl groups is 1. The molecule has 0 saturated heterocycles. The van der Waals surface area contributed by atoms with Crippen molar-refractivity contribution in [1.29, 1.82) is 0 Å². The van der Waals surface area contributed by atoms with Crippen LogP contribution in [-0.4, -0.2) is 36.4 Å². The summed E-state index contributed by atoms with van der Waals surface area (Å²) in [6, 6.07) is 6.56. The number of nitrogens with one attached hydrogen (secondary N) is 1. The topological polar surface area (TPSA) is 58.6 Å². The summed E-state index contributed by atoms with van der Waals surface area (Å²) < 4.78 is 42.0. The van der Waals surface area contributed by atoms with Crippen molar-refractivity contribution >= 4 is 5.91 Å². The Morgan fingerprint density at radius 1 is 1.25 bits per heavy atom. The fourth-order valence-electron chi connectivity index (χ4n) is 2.97. The van der Waals surface area contributed by atoms with Crippen LogP contribution in [0.1, 0.15) is 31.2 Å². The highest BCUT2D eigenvalue weighted by Gasteiger charge is 2.33. The highest BCUT2D eigenvalue weighted by atomic mass is 19.4. The summed E-state index contributed by atoms with van der Waals surface area (Å²) >= 11 is 0. The third-order valence-corrected chi connectivity index (χ3v) is 4.20. The molecule has 24 heavy (non-hydrogen) atoms. The van der Waals surface area contributed by atoms with Crippen LogP contribution < -0.4 is 5.32 Å². The normalized spacial score (nSPS) is 21.5. The van der Waals surface area contributed by atoms with Crippen molar-refractivity contribution in [2.75, 3.05) is 13.2 Å². The molecule has 0 radical (unpaired) electrons. The van der Waals surface area contributed by atoms with E-state index in [1.807, 2.05) is 0 Å². The number of rotatable bonds is 6. The molecule has 1 amide bonds. The van der Waals surface area contributed by atoms with Crippen molar-refractivity contribution in [1.82, 2.24) is 5.32 Å². The molecule has 4 nitrogen and oxygen atoms in total. The van der Waals surface area contributed by atoms with Crippen LogP contribution in [0.25, 0.3) is 0 Å². The lowest BCUT2D eigenvalue weighted by atomic mass is 9.86. The first kappa shape index (κ1) is 18.6. The first-order valence-corrected chi connectivity index (χ1v) is 8.07. The summed E-state index contributed by atoms with van der Waals surface area (Å²) in [5.74, 6) is -0.331. The molecule has 0 aromatic heterocycles. The van der Waals surface area contributed by atoms with Gasteiger partial charge in [-0.1, -0.05) is 31.0 Å². The largest absolute Gasteiger partial charge is 0.508 e. The van der Waals surface area contributed by atoms with Gasteiger partial charge in [0.2, 0.25) is 5.91 Å². The second-order valence-electron chi connectivity index (χ2n) is 6.12. The molecular weight excluding hydrogens is 323 g/mol. The van der Waals surface area contributed by atoms with E-state index in [9.17, 15) is 23.1 Å². The average Bonchev–Trinajstić information content (AvgIpc) is 2.53. The van der Waals surface area contributed by atoms with Gasteiger partial charge in [0.05, 0.1) is 12.5 Å². The van der Waals surface area contributed by atoms with Gasteiger partial charge >= 0.3 is 6.18 Å². The zero-order valence-electron chi connectivity index (χ0n) is 13.3. The molecule has 1 aromatic rings. The third kappa shape index (κ3) is 6.03. The van der Waals surface area contributed by atoms with E-state index in [1.165, 1.54) is 6.07 Å². The van der Waals surface area contributed by atoms with Gasteiger partial charge in [-0.25, -0.2) is 0 Å². The quantitative estimate of drug-likeness (QED) is 0.832. The number of phenolic OH excluding ortho intramolecular Hbond substituents is 1. The van der Waals surface area contributed by atoms with Crippen LogP contribution in [0.5, 0.6) is 5.75 Å². The summed E-state index contributed by atoms with van der Waals surface area (Å²) in [4.78, 5) is 12.0. The number of benzene rings is 1. The van der Waals surface area contributed by atoms with Gasteiger partial charge in [-0.3, -0.25) is 4.79 Å². The number of hydrogen-bond acceptors (Lipinski definition) is 3. The first-order chi connectivity index (χ1) is 11.3. The summed E-state index contributed by atoms with van der Waals surface area (Å²) in [5.41, 5.74) is 0.517. The second kappa shape index (κ2) is 8.37. The van der Waals surface area contributed by atoms with Crippen LogP contribution in [0.4, 0.5) is 13.2 Å². The lowest BCUT2D eigenvalue weighted by molar-refractivity contribution is -0.193. The molecule has 7 heteroatoms. The van der Waals surface area contributed by atoms with E-state index >= 15 is 0 Å². The van der Waals surface area contributed by atoms with Crippen molar-refractivity contribution in [2.45, 2.75) is 44.4 Å². The number of carbonyl (C=O) groups is 1. The SMILES string of the molecule is O=C(Cc1ccccc1O)NC[C@@H]1CCCC[C@H]1OCC(F)(F)F. The number of ether oxygens (including phenoxy) is 1. The van der Waals surface area contributed by atoms with E-state index in [2.05, 4.69) is 5.32 Å². The Labute approximate surface area is 139 Å². The highest BCUT2D eigenvalue weighted by Crippen LogP contribution is 2.28. The van der Waals surface area contributed by atoms with Crippen molar-refractivity contribution in [3.05, 3.63) is 29.8 Å². The van der Waals surface area contributed by atoms with Crippen molar-refractivity contribution < 1.29 is 27.8 Å². The molecular formula is C17H22F3NO3. The average molecular weight is 345 g/mol. The first-order valence-electron chi connectivity index (χ1n) is 8.07. The van der Waals surface area contributed by atoms with Crippen molar-refractivity contribution in [3.63, 3.8) is 0 Å². The van der Waals surface area contributed by atoms with Crippen molar-refractivity contribution in [3.8, 4) is 5.75 Å². The number of para-hydroxylation sites is 1. The number of halogens is 3. The summed E-state index contributed by atoms with van der Waals surface area (Å²) in [7, 11) is 0. The molecule has 0 aliphatic heterocycles. The number of hydrogen-bond donors (Lipinski definition) is 2. The number of carbonyl (C=O) groups excluding carboxylic acids is 1. The molecule has 2 atom stereocenters. The second-order valence-corrected chi connectivity index (χ2v) is 6.12. The predicted molar refractivity (Wildman–Crippen MR) is 82.6 cm³/mol. The zero-order chi connectivity index (χ0) is 17.6. The summed E-state index contributed by atoms with van der Waals surface area (Å²) in [6.45, 7) is -0.963. The van der Waals surface area contributed by atoms with Crippen LogP contribution in [0.15, 0.2) is 24.3 Å². The molecule has 1 saturated carbocycles. The van der Waals surface area contributed by atoms with Gasteiger partial charge in [0.15, 0.2) is 0 Å². The molecule has 0 spiro atoms. The monoisotopic (exact) mass is 345 g/mol. The van der Waals surface area contributed by atoms with E-state index in [0.29, 0.717) is 12.0 Å². The molecule has 134 valence electrons. The van der Waals surface area contributed by atoms with Gasteiger partial charge in [-0.05, 0) is 18.9 Å². The van der Waals surface area contributed by atoms with Crippen LogP contribution >= 0.6 is 0 Å². The van der Waals surface area contributed by atoms with E-state index in [1.54, 1.807) is 18.2 Å². The molecule has 1 aliphatic rings. The predicted octanol–water partition coefficient (Wildman–Crippen LogP) is 3.19. The standard InChI is InChI=1S/C17H22F3NO3/c18-17(19,20)11-24-15-8-4-2-6-13(15)10-21-16(23)9-12-5-1-3-7-14(12)22/h1,3,5,7,13,15,22H,2,4,6,8-11H2,(H,21,23)/t13-,15+/m0/s1. The minimum Gasteiger partial charge on any atom is -0.508 e. The van der Waals surface area contributed by atoms with Crippen LogP contribution in [0, 0.1) is 5.92 Å². The number of phenols is 1. The Morgan fingerprint density at radius 2 is 1.96 bits per heavy atom. The Balaban J connectivity index is 1.82. The molecule has 0 bridgehead atoms. The van der Waals surface area contributed by atoms with Crippen LogP contribution in [-0.2, 0) is 16.0 Å². The highest BCUT2D eigenvalue weighted by molar-refractivity contribution is 5.79. The molecule has 2 rings (SSSR count). The van der Waals surface area contributed by atoms with E-state index < -0.39 is 18.9 Å². The molecule has 0 unspecified atom stereocenters. The van der Waals surface area contributed by atoms with E-state index in [0.717, 1.165) is 19.3 Å². The molecule has 2 N–H and O–H groups in total. The Kier molecular flexibility index (Phi) is 6.48. The lowest BCUT2D eigenvalue weighted by Gasteiger charge is -2.32. The Hall–Kier alpha value is -1.76. The van der Waals surface area contributed by atoms with Gasteiger partial charge in [-0.15, -0.1) is 0 Å². The van der Waals surface area contributed by atoms with Gasteiger partial charge in [-0.2, -0.15) is 13.2 Å². The molecule has 0 heterocycles. The van der Waals surface area contributed by atoms with Crippen LogP contribution in [0.2, 0.25) is 0 Å².